The van der Waals surface area contributed by atoms with E-state index in [1.165, 1.54) is 0 Å². The third kappa shape index (κ3) is 5.10. The lowest BCUT2D eigenvalue weighted by Gasteiger charge is -2.16. The highest BCUT2D eigenvalue weighted by Crippen LogP contribution is 2.11. The largest absolute Gasteiger partial charge is 0.390 e. The van der Waals surface area contributed by atoms with Crippen LogP contribution in [0.3, 0.4) is 0 Å². The van der Waals surface area contributed by atoms with E-state index in [0.29, 0.717) is 25.0 Å². The molecule has 0 aliphatic heterocycles. The summed E-state index contributed by atoms with van der Waals surface area (Å²) in [4.78, 5) is 10.3. The van der Waals surface area contributed by atoms with E-state index in [1.807, 2.05) is 31.4 Å². The van der Waals surface area contributed by atoms with E-state index in [2.05, 4.69) is 29.1 Å². The highest BCUT2D eigenvalue weighted by atomic mass is 16.3. The third-order valence-corrected chi connectivity index (χ3v) is 2.41. The van der Waals surface area contributed by atoms with Crippen LogP contribution in [0.4, 0.5) is 5.95 Å². The SMILES string of the molecule is CC(C)c1cnc(NCC(O)CN(C)C)nc1. The van der Waals surface area contributed by atoms with Crippen molar-refractivity contribution in [3.8, 4) is 0 Å². The van der Waals surface area contributed by atoms with Crippen LogP contribution >= 0.6 is 0 Å². The lowest BCUT2D eigenvalue weighted by atomic mass is 10.1. The van der Waals surface area contributed by atoms with Crippen LogP contribution in [0.25, 0.3) is 0 Å². The van der Waals surface area contributed by atoms with Gasteiger partial charge in [0.05, 0.1) is 6.10 Å². The van der Waals surface area contributed by atoms with Gasteiger partial charge in [0, 0.05) is 25.5 Å². The molecule has 0 aliphatic carbocycles. The molecule has 1 atom stereocenters. The maximum absolute atomic E-state index is 9.66. The minimum atomic E-state index is -0.418. The van der Waals surface area contributed by atoms with Crippen molar-refractivity contribution in [2.75, 3.05) is 32.5 Å². The zero-order chi connectivity index (χ0) is 12.8. The maximum Gasteiger partial charge on any atom is 0.222 e. The lowest BCUT2D eigenvalue weighted by Crippen LogP contribution is -2.31. The average molecular weight is 238 g/mol. The van der Waals surface area contributed by atoms with Gasteiger partial charge in [-0.15, -0.1) is 0 Å². The minimum Gasteiger partial charge on any atom is -0.390 e. The van der Waals surface area contributed by atoms with Crippen LogP contribution in [0.2, 0.25) is 0 Å². The van der Waals surface area contributed by atoms with Gasteiger partial charge in [-0.25, -0.2) is 9.97 Å². The summed E-state index contributed by atoms with van der Waals surface area (Å²) in [5, 5.41) is 12.7. The first-order valence-electron chi connectivity index (χ1n) is 5.87. The van der Waals surface area contributed by atoms with Gasteiger partial charge in [0.1, 0.15) is 0 Å². The van der Waals surface area contributed by atoms with E-state index >= 15 is 0 Å². The number of hydrogen-bond acceptors (Lipinski definition) is 5. The topological polar surface area (TPSA) is 61.3 Å². The van der Waals surface area contributed by atoms with Crippen LogP contribution in [-0.4, -0.2) is 53.3 Å². The molecule has 0 bridgehead atoms. The van der Waals surface area contributed by atoms with Crippen LogP contribution in [0, 0.1) is 0 Å². The van der Waals surface area contributed by atoms with Gasteiger partial charge < -0.3 is 15.3 Å². The Hall–Kier alpha value is -1.20. The summed E-state index contributed by atoms with van der Waals surface area (Å²) in [5.41, 5.74) is 1.12. The maximum atomic E-state index is 9.66. The Morgan fingerprint density at radius 3 is 2.35 bits per heavy atom. The fourth-order valence-electron chi connectivity index (χ4n) is 1.42. The number of aliphatic hydroxyl groups is 1. The van der Waals surface area contributed by atoms with Crippen LogP contribution < -0.4 is 5.32 Å². The summed E-state index contributed by atoms with van der Waals surface area (Å²) in [6.45, 7) is 5.29. The molecule has 1 unspecified atom stereocenters. The Balaban J connectivity index is 2.42. The van der Waals surface area contributed by atoms with Crippen molar-refractivity contribution in [3.05, 3.63) is 18.0 Å². The predicted octanol–water partition coefficient (Wildman–Crippen LogP) is 0.934. The van der Waals surface area contributed by atoms with E-state index < -0.39 is 6.10 Å². The average Bonchev–Trinajstić information content (AvgIpc) is 2.26. The van der Waals surface area contributed by atoms with E-state index in [9.17, 15) is 5.11 Å². The van der Waals surface area contributed by atoms with Crippen molar-refractivity contribution < 1.29 is 5.11 Å². The predicted molar refractivity (Wildman–Crippen MR) is 69.2 cm³/mol. The van der Waals surface area contributed by atoms with Crippen molar-refractivity contribution >= 4 is 5.95 Å². The van der Waals surface area contributed by atoms with Crippen molar-refractivity contribution in [1.82, 2.24) is 14.9 Å². The van der Waals surface area contributed by atoms with Gasteiger partial charge in [0.15, 0.2) is 0 Å². The minimum absolute atomic E-state index is 0.418. The number of nitrogens with one attached hydrogen (secondary N) is 1. The third-order valence-electron chi connectivity index (χ3n) is 2.41. The van der Waals surface area contributed by atoms with Crippen molar-refractivity contribution in [2.45, 2.75) is 25.9 Å². The standard InChI is InChI=1S/C12H22N4O/c1-9(2)10-5-13-12(14-6-10)15-7-11(17)8-16(3)4/h5-6,9,11,17H,7-8H2,1-4H3,(H,13,14,15). The molecule has 0 amide bonds. The summed E-state index contributed by atoms with van der Waals surface area (Å²) < 4.78 is 0. The molecule has 0 radical (unpaired) electrons. The van der Waals surface area contributed by atoms with Crippen LogP contribution in [0.15, 0.2) is 12.4 Å². The first kappa shape index (κ1) is 13.9. The Bertz CT molecular complexity index is 324. The number of aliphatic hydroxyl groups excluding tert-OH is 1. The van der Waals surface area contributed by atoms with Gasteiger partial charge in [-0.2, -0.15) is 0 Å². The molecule has 0 fully saturated rings. The Kier molecular flexibility index (Phi) is 5.31. The van der Waals surface area contributed by atoms with Crippen LogP contribution in [0.5, 0.6) is 0 Å². The molecule has 1 rings (SSSR count). The Morgan fingerprint density at radius 1 is 1.29 bits per heavy atom. The summed E-state index contributed by atoms with van der Waals surface area (Å²) in [6, 6.07) is 0. The quantitative estimate of drug-likeness (QED) is 0.772. The summed E-state index contributed by atoms with van der Waals surface area (Å²) in [6.07, 6.45) is 3.22. The van der Waals surface area contributed by atoms with Crippen LogP contribution in [0.1, 0.15) is 25.3 Å². The monoisotopic (exact) mass is 238 g/mol. The van der Waals surface area contributed by atoms with Crippen molar-refractivity contribution in [2.24, 2.45) is 0 Å². The first-order chi connectivity index (χ1) is 7.99. The molecule has 1 aromatic rings. The second-order valence-corrected chi connectivity index (χ2v) is 4.79. The molecule has 1 aromatic heterocycles. The van der Waals surface area contributed by atoms with Gasteiger partial charge in [0.2, 0.25) is 5.95 Å². The number of likely N-dealkylation sites (N-methyl/N-ethyl adjacent to an activating group) is 1. The highest BCUT2D eigenvalue weighted by molar-refractivity contribution is 5.25. The summed E-state index contributed by atoms with van der Waals surface area (Å²) >= 11 is 0. The van der Waals surface area contributed by atoms with Gasteiger partial charge in [-0.3, -0.25) is 0 Å². The molecule has 0 saturated heterocycles. The van der Waals surface area contributed by atoms with E-state index in [1.54, 1.807) is 0 Å². The molecule has 5 heteroatoms. The number of anilines is 1. The molecular weight excluding hydrogens is 216 g/mol. The van der Waals surface area contributed by atoms with E-state index in [4.69, 9.17) is 0 Å². The second-order valence-electron chi connectivity index (χ2n) is 4.79. The molecule has 0 spiro atoms. The van der Waals surface area contributed by atoms with Gasteiger partial charge in [-0.1, -0.05) is 13.8 Å². The van der Waals surface area contributed by atoms with Crippen molar-refractivity contribution in [3.63, 3.8) is 0 Å². The van der Waals surface area contributed by atoms with Gasteiger partial charge in [-0.05, 0) is 25.6 Å². The number of aromatic nitrogens is 2. The fraction of sp³-hybridized carbons (Fsp3) is 0.667. The molecule has 0 aromatic carbocycles. The Morgan fingerprint density at radius 2 is 1.88 bits per heavy atom. The zero-order valence-electron chi connectivity index (χ0n) is 11.0. The first-order valence-corrected chi connectivity index (χ1v) is 5.87. The molecule has 1 heterocycles. The molecule has 17 heavy (non-hydrogen) atoms. The zero-order valence-corrected chi connectivity index (χ0v) is 11.0. The molecule has 2 N–H and O–H groups in total. The highest BCUT2D eigenvalue weighted by Gasteiger charge is 2.06. The van der Waals surface area contributed by atoms with Gasteiger partial charge >= 0.3 is 0 Å². The molecule has 0 aliphatic rings. The Labute approximate surface area is 103 Å². The fourth-order valence-corrected chi connectivity index (χ4v) is 1.42. The normalized spacial score (nSPS) is 13.1. The smallest absolute Gasteiger partial charge is 0.222 e. The number of rotatable bonds is 6. The second kappa shape index (κ2) is 6.51. The lowest BCUT2D eigenvalue weighted by molar-refractivity contribution is 0.148. The van der Waals surface area contributed by atoms with E-state index in [0.717, 1.165) is 5.56 Å². The van der Waals surface area contributed by atoms with E-state index in [-0.39, 0.29) is 0 Å². The van der Waals surface area contributed by atoms with Crippen molar-refractivity contribution in [1.29, 1.82) is 0 Å². The number of nitrogens with zero attached hydrogens (tertiary/aromatic N) is 3. The molecule has 96 valence electrons. The van der Waals surface area contributed by atoms with Gasteiger partial charge in [0.25, 0.3) is 0 Å². The molecule has 0 saturated carbocycles. The van der Waals surface area contributed by atoms with Crippen LogP contribution in [-0.2, 0) is 0 Å². The summed E-state index contributed by atoms with van der Waals surface area (Å²) in [7, 11) is 3.86. The summed E-state index contributed by atoms with van der Waals surface area (Å²) in [5.74, 6) is 0.996. The number of hydrogen-bond donors (Lipinski definition) is 2. The molecular formula is C12H22N4O. The molecule has 5 nitrogen and oxygen atoms in total.